The predicted octanol–water partition coefficient (Wildman–Crippen LogP) is -3.97. The topological polar surface area (TPSA) is 303 Å². The smallest absolute Gasteiger partial charge is 0.342 e. The van der Waals surface area contributed by atoms with Crippen molar-refractivity contribution < 1.29 is 73.1 Å². The predicted molar refractivity (Wildman–Crippen MR) is 121 cm³/mol. The molecule has 0 aliphatic heterocycles. The second-order valence-corrected chi connectivity index (χ2v) is 11.7. The first-order valence-electron chi connectivity index (χ1n) is 10.2. The maximum atomic E-state index is 12.3. The average Bonchev–Trinajstić information content (AvgIpc) is 2.65. The molecule has 0 unspecified atom stereocenters. The monoisotopic (exact) mass is 580 g/mol. The van der Waals surface area contributed by atoms with Gasteiger partial charge in [-0.05, 0) is 0 Å². The molecule has 0 aromatic heterocycles. The van der Waals surface area contributed by atoms with Crippen molar-refractivity contribution in [2.45, 2.75) is 5.40 Å². The van der Waals surface area contributed by atoms with Crippen LogP contribution in [-0.2, 0) is 33.1 Å². The van der Waals surface area contributed by atoms with Crippen molar-refractivity contribution in [1.82, 2.24) is 20.0 Å². The summed E-state index contributed by atoms with van der Waals surface area (Å²) in [6.07, 6.45) is 0. The number of nitrogens with zero attached hydrogens (tertiary/aromatic N) is 3. The van der Waals surface area contributed by atoms with Gasteiger partial charge in [0.05, 0.1) is 32.7 Å². The van der Waals surface area contributed by atoms with Crippen molar-refractivity contribution in [3.63, 3.8) is 0 Å². The first-order chi connectivity index (χ1) is 16.8. The highest BCUT2D eigenvalue weighted by atomic mass is 31.2. The Balaban J connectivity index is 5.52. The molecule has 0 aliphatic carbocycles. The van der Waals surface area contributed by atoms with Gasteiger partial charge in [-0.1, -0.05) is 0 Å². The minimum atomic E-state index is -5.32. The van der Waals surface area contributed by atoms with Gasteiger partial charge in [-0.15, -0.1) is 0 Å². The van der Waals surface area contributed by atoms with Crippen molar-refractivity contribution in [3.8, 4) is 0 Å². The van der Waals surface area contributed by atoms with Crippen LogP contribution in [0.2, 0.25) is 0 Å². The lowest BCUT2D eigenvalue weighted by molar-refractivity contribution is -0.143. The second kappa shape index (κ2) is 15.7. The van der Waals surface area contributed by atoms with E-state index in [1.165, 1.54) is 4.90 Å². The minimum absolute atomic E-state index is 0.192. The van der Waals surface area contributed by atoms with Gasteiger partial charge in [-0.3, -0.25) is 47.8 Å². The van der Waals surface area contributed by atoms with Crippen molar-refractivity contribution in [2.24, 2.45) is 0 Å². The van der Waals surface area contributed by atoms with Crippen LogP contribution in [-0.4, -0.2) is 155 Å². The molecule has 0 aromatic carbocycles. The maximum Gasteiger partial charge on any atom is 0.342 e. The summed E-state index contributed by atoms with van der Waals surface area (Å²) in [5, 5.41) is 35.2. The molecule has 0 heterocycles. The zero-order valence-corrected chi connectivity index (χ0v) is 21.1. The number of carboxylic acid groups (broad SMARTS) is 4. The Labute approximate surface area is 209 Å². The Bertz CT molecular complexity index is 826. The largest absolute Gasteiger partial charge is 0.480 e. The lowest BCUT2D eigenvalue weighted by atomic mass is 10.3. The fraction of sp³-hybridized carbons (Fsp3) is 0.688. The average molecular weight is 580 g/mol. The molecule has 0 aliphatic rings. The number of nitrogens with one attached hydrogen (secondary N) is 1. The van der Waals surface area contributed by atoms with E-state index in [9.17, 15) is 33.1 Å². The van der Waals surface area contributed by atoms with Gasteiger partial charge in [0.2, 0.25) is 5.91 Å². The summed E-state index contributed by atoms with van der Waals surface area (Å²) in [4.78, 5) is 96.1. The Kier molecular flexibility index (Phi) is 14.7. The molecule has 0 saturated carbocycles. The summed E-state index contributed by atoms with van der Waals surface area (Å²) in [5.41, 5.74) is 0. The Morgan fingerprint density at radius 2 is 0.865 bits per heavy atom. The summed E-state index contributed by atoms with van der Waals surface area (Å²) in [7, 11) is -10.6. The highest BCUT2D eigenvalue weighted by molar-refractivity contribution is 7.70. The molecule has 0 bridgehead atoms. The highest BCUT2D eigenvalue weighted by Gasteiger charge is 2.43. The molecule has 1 amide bonds. The van der Waals surface area contributed by atoms with E-state index in [0.717, 1.165) is 9.80 Å². The molecule has 0 spiro atoms. The molecule has 21 heteroatoms. The Hall–Kier alpha value is -2.47. The second-order valence-electron chi connectivity index (χ2n) is 7.74. The third-order valence-corrected chi connectivity index (χ3v) is 8.25. The van der Waals surface area contributed by atoms with Crippen LogP contribution in [0.3, 0.4) is 0 Å². The lowest BCUT2D eigenvalue weighted by Gasteiger charge is -2.28. The zero-order chi connectivity index (χ0) is 29.0. The van der Waals surface area contributed by atoms with E-state index in [4.69, 9.17) is 40.0 Å². The number of hydrogen-bond donors (Lipinski definition) is 9. The molecule has 214 valence electrons. The van der Waals surface area contributed by atoms with Gasteiger partial charge in [0.25, 0.3) is 0 Å². The fourth-order valence-corrected chi connectivity index (χ4v) is 5.15. The van der Waals surface area contributed by atoms with Crippen LogP contribution in [0.1, 0.15) is 0 Å². The van der Waals surface area contributed by atoms with Gasteiger partial charge < -0.3 is 45.3 Å². The minimum Gasteiger partial charge on any atom is -0.480 e. The summed E-state index contributed by atoms with van der Waals surface area (Å²) in [5.74, 6) is -6.37. The van der Waals surface area contributed by atoms with Gasteiger partial charge in [-0.2, -0.15) is 0 Å². The quantitative estimate of drug-likeness (QED) is 0.0620. The molecular formula is C16H30N4O15P2. The first kappa shape index (κ1) is 34.5. The lowest BCUT2D eigenvalue weighted by Crippen LogP contribution is -2.47. The van der Waals surface area contributed by atoms with Crippen molar-refractivity contribution in [3.05, 3.63) is 0 Å². The number of carbonyl (C=O) groups excluding carboxylic acids is 1. The van der Waals surface area contributed by atoms with Gasteiger partial charge in [0.1, 0.15) is 0 Å². The van der Waals surface area contributed by atoms with E-state index in [2.05, 4.69) is 0 Å². The number of rotatable bonds is 20. The maximum absolute atomic E-state index is 12.3. The van der Waals surface area contributed by atoms with Crippen LogP contribution in [0.4, 0.5) is 0 Å². The van der Waals surface area contributed by atoms with Crippen LogP contribution in [0.25, 0.3) is 0 Å². The van der Waals surface area contributed by atoms with Gasteiger partial charge in [0.15, 0.2) is 5.40 Å². The normalized spacial score (nSPS) is 12.3. The highest BCUT2D eigenvalue weighted by Crippen LogP contribution is 2.59. The van der Waals surface area contributed by atoms with Gasteiger partial charge >= 0.3 is 39.1 Å². The van der Waals surface area contributed by atoms with E-state index in [-0.39, 0.29) is 26.2 Å². The number of amides is 1. The number of carbonyl (C=O) groups is 5. The molecule has 0 fully saturated rings. The third kappa shape index (κ3) is 16.8. The van der Waals surface area contributed by atoms with Crippen LogP contribution < -0.4 is 5.32 Å². The summed E-state index contributed by atoms with van der Waals surface area (Å²) in [6.45, 7) is -5.26. The SMILES string of the molecule is O=C(O)CN(CCN(CCN(CC(=O)O)CC(=O)O)CC(=O)NCC(P(=O)(O)O)P(=O)(O)O)CC(=O)O. The molecule has 0 rings (SSSR count). The first-order valence-corrected chi connectivity index (χ1v) is 13.6. The zero-order valence-electron chi connectivity index (χ0n) is 19.3. The van der Waals surface area contributed by atoms with Crippen molar-refractivity contribution in [2.75, 3.05) is 65.4 Å². The van der Waals surface area contributed by atoms with E-state index < -0.39 is 89.6 Å². The summed E-state index contributed by atoms with van der Waals surface area (Å²) < 4.78 is 22.7. The standard InChI is InChI=1S/C16H30N4O15P2/c21-11(17-5-16(36(30,31)32)37(33,34)35)6-18(1-3-19(7-12(22)23)8-13(24)25)2-4-20(9-14(26)27)10-15(28)29/h16H,1-10H2,(H,17,21)(H,22,23)(H,24,25)(H,26,27)(H,28,29)(H2,30,31,32)(H2,33,34,35). The van der Waals surface area contributed by atoms with Gasteiger partial charge in [-0.25, -0.2) is 0 Å². The van der Waals surface area contributed by atoms with Crippen molar-refractivity contribution in [1.29, 1.82) is 0 Å². The Morgan fingerprint density at radius 1 is 0.568 bits per heavy atom. The van der Waals surface area contributed by atoms with E-state index in [0.29, 0.717) is 0 Å². The van der Waals surface area contributed by atoms with E-state index >= 15 is 0 Å². The summed E-state index contributed by atoms with van der Waals surface area (Å²) in [6, 6.07) is 0. The molecule has 0 atom stereocenters. The molecular weight excluding hydrogens is 550 g/mol. The third-order valence-electron chi connectivity index (χ3n) is 4.53. The van der Waals surface area contributed by atoms with Crippen LogP contribution in [0.15, 0.2) is 0 Å². The molecule has 0 radical (unpaired) electrons. The van der Waals surface area contributed by atoms with Crippen LogP contribution >= 0.6 is 15.2 Å². The molecule has 19 nitrogen and oxygen atoms in total. The fourth-order valence-electron chi connectivity index (χ4n) is 2.93. The van der Waals surface area contributed by atoms with E-state index in [1.807, 2.05) is 5.32 Å². The van der Waals surface area contributed by atoms with Gasteiger partial charge in [0, 0.05) is 32.7 Å². The Morgan fingerprint density at radius 3 is 1.14 bits per heavy atom. The molecule has 9 N–H and O–H groups in total. The van der Waals surface area contributed by atoms with E-state index in [1.54, 1.807) is 0 Å². The number of carboxylic acids is 4. The number of aliphatic carboxylic acids is 4. The van der Waals surface area contributed by atoms with Crippen LogP contribution in [0.5, 0.6) is 0 Å². The molecule has 0 aromatic rings. The number of hydrogen-bond acceptors (Lipinski definition) is 10. The van der Waals surface area contributed by atoms with Crippen LogP contribution in [0, 0.1) is 0 Å². The molecule has 37 heavy (non-hydrogen) atoms. The molecule has 0 saturated heterocycles. The van der Waals surface area contributed by atoms with Crippen molar-refractivity contribution >= 4 is 45.0 Å². The summed E-state index contributed by atoms with van der Waals surface area (Å²) >= 11 is 0.